The van der Waals surface area contributed by atoms with Crippen molar-refractivity contribution in [2.24, 2.45) is 5.92 Å². The summed E-state index contributed by atoms with van der Waals surface area (Å²) in [6.07, 6.45) is 0.800. The van der Waals surface area contributed by atoms with E-state index < -0.39 is 0 Å². The van der Waals surface area contributed by atoms with Crippen LogP contribution in [-0.2, 0) is 6.61 Å². The van der Waals surface area contributed by atoms with Crippen LogP contribution in [0, 0.1) is 5.92 Å². The Hall–Kier alpha value is -1.06. The van der Waals surface area contributed by atoms with Gasteiger partial charge < -0.3 is 15.1 Å². The van der Waals surface area contributed by atoms with Gasteiger partial charge >= 0.3 is 0 Å². The average molecular weight is 221 g/mol. The van der Waals surface area contributed by atoms with E-state index in [1.807, 2.05) is 24.3 Å². The van der Waals surface area contributed by atoms with Gasteiger partial charge in [-0.15, -0.1) is 0 Å². The van der Waals surface area contributed by atoms with E-state index in [2.05, 4.69) is 11.8 Å². The number of nitrogens with zero attached hydrogens (tertiary/aromatic N) is 1. The lowest BCUT2D eigenvalue weighted by molar-refractivity contribution is 0.103. The molecule has 0 amide bonds. The van der Waals surface area contributed by atoms with Crippen LogP contribution >= 0.6 is 0 Å². The molecule has 0 spiro atoms. The van der Waals surface area contributed by atoms with Crippen molar-refractivity contribution >= 4 is 5.69 Å². The molecule has 1 fully saturated rings. The van der Waals surface area contributed by atoms with Crippen molar-refractivity contribution in [3.8, 4) is 0 Å². The van der Waals surface area contributed by atoms with Crippen molar-refractivity contribution in [2.45, 2.75) is 26.1 Å². The van der Waals surface area contributed by atoms with Gasteiger partial charge in [0, 0.05) is 18.8 Å². The Balaban J connectivity index is 2.06. The number of aliphatic hydroxyl groups excluding tert-OH is 2. The molecule has 0 bridgehead atoms. The summed E-state index contributed by atoms with van der Waals surface area (Å²) in [7, 11) is 0. The number of hydrogen-bond donors (Lipinski definition) is 2. The summed E-state index contributed by atoms with van der Waals surface area (Å²) in [4.78, 5) is 2.20. The first-order chi connectivity index (χ1) is 7.70. The largest absolute Gasteiger partial charge is 0.392 e. The second kappa shape index (κ2) is 4.85. The van der Waals surface area contributed by atoms with Crippen molar-refractivity contribution in [3.05, 3.63) is 29.8 Å². The molecule has 0 aliphatic carbocycles. The molecular weight excluding hydrogens is 202 g/mol. The molecule has 2 atom stereocenters. The molecule has 1 aliphatic rings. The predicted molar refractivity (Wildman–Crippen MR) is 64.4 cm³/mol. The Morgan fingerprint density at radius 1 is 1.31 bits per heavy atom. The Morgan fingerprint density at radius 3 is 2.56 bits per heavy atom. The molecule has 1 aromatic carbocycles. The second-order valence-corrected chi connectivity index (χ2v) is 4.60. The Labute approximate surface area is 96.3 Å². The zero-order chi connectivity index (χ0) is 11.5. The lowest BCUT2D eigenvalue weighted by Crippen LogP contribution is -2.42. The second-order valence-electron chi connectivity index (χ2n) is 4.60. The maximum Gasteiger partial charge on any atom is 0.0741 e. The van der Waals surface area contributed by atoms with Gasteiger partial charge in [0.15, 0.2) is 0 Å². The van der Waals surface area contributed by atoms with Gasteiger partial charge in [-0.05, 0) is 30.0 Å². The highest BCUT2D eigenvalue weighted by molar-refractivity contribution is 5.48. The highest BCUT2D eigenvalue weighted by atomic mass is 16.3. The number of aliphatic hydroxyl groups is 2. The van der Waals surface area contributed by atoms with Crippen LogP contribution in [0.4, 0.5) is 5.69 Å². The summed E-state index contributed by atoms with van der Waals surface area (Å²) in [6.45, 7) is 3.88. The monoisotopic (exact) mass is 221 g/mol. The summed E-state index contributed by atoms with van der Waals surface area (Å²) >= 11 is 0. The maximum absolute atomic E-state index is 9.83. The van der Waals surface area contributed by atoms with E-state index in [0.717, 1.165) is 24.2 Å². The zero-order valence-corrected chi connectivity index (χ0v) is 9.63. The van der Waals surface area contributed by atoms with Gasteiger partial charge in [0.25, 0.3) is 0 Å². The van der Waals surface area contributed by atoms with Crippen LogP contribution in [-0.4, -0.2) is 29.4 Å². The van der Waals surface area contributed by atoms with E-state index in [1.54, 1.807) is 0 Å². The van der Waals surface area contributed by atoms with Gasteiger partial charge in [-0.2, -0.15) is 0 Å². The lowest BCUT2D eigenvalue weighted by atomic mass is 9.95. The Bertz CT molecular complexity index is 336. The number of β-amino-alcohol motifs (C(OH)–C–C–N with tert-alkyl or cyclic N) is 1. The fourth-order valence-electron chi connectivity index (χ4n) is 2.10. The number of piperidine rings is 1. The first kappa shape index (κ1) is 11.4. The van der Waals surface area contributed by atoms with Crippen molar-refractivity contribution < 1.29 is 10.2 Å². The van der Waals surface area contributed by atoms with Gasteiger partial charge in [0.1, 0.15) is 0 Å². The van der Waals surface area contributed by atoms with Crippen LogP contribution in [0.25, 0.3) is 0 Å². The summed E-state index contributed by atoms with van der Waals surface area (Å²) in [6, 6.07) is 7.88. The van der Waals surface area contributed by atoms with Crippen LogP contribution in [0.3, 0.4) is 0 Å². The quantitative estimate of drug-likeness (QED) is 0.793. The molecule has 3 nitrogen and oxygen atoms in total. The van der Waals surface area contributed by atoms with E-state index in [0.29, 0.717) is 12.5 Å². The number of anilines is 1. The zero-order valence-electron chi connectivity index (χ0n) is 9.63. The highest BCUT2D eigenvalue weighted by Gasteiger charge is 2.24. The number of rotatable bonds is 2. The molecular formula is C13H19NO2. The fraction of sp³-hybridized carbons (Fsp3) is 0.538. The first-order valence-electron chi connectivity index (χ1n) is 5.83. The number of benzene rings is 1. The van der Waals surface area contributed by atoms with E-state index >= 15 is 0 Å². The molecule has 16 heavy (non-hydrogen) atoms. The summed E-state index contributed by atoms with van der Waals surface area (Å²) < 4.78 is 0. The number of hydrogen-bond acceptors (Lipinski definition) is 3. The van der Waals surface area contributed by atoms with E-state index in [-0.39, 0.29) is 12.7 Å². The first-order valence-corrected chi connectivity index (χ1v) is 5.83. The molecule has 88 valence electrons. The molecule has 3 heteroatoms. The average Bonchev–Trinajstić information content (AvgIpc) is 2.33. The highest BCUT2D eigenvalue weighted by Crippen LogP contribution is 2.23. The van der Waals surface area contributed by atoms with E-state index in [9.17, 15) is 5.11 Å². The van der Waals surface area contributed by atoms with Crippen LogP contribution < -0.4 is 4.90 Å². The molecule has 1 heterocycles. The van der Waals surface area contributed by atoms with E-state index in [4.69, 9.17) is 5.11 Å². The molecule has 1 saturated heterocycles. The van der Waals surface area contributed by atoms with Gasteiger partial charge in [-0.1, -0.05) is 19.1 Å². The smallest absolute Gasteiger partial charge is 0.0741 e. The standard InChI is InChI=1S/C13H19NO2/c1-10-6-7-14(8-13(10)16)12-4-2-11(9-15)3-5-12/h2-5,10,13,15-16H,6-9H2,1H3. The molecule has 0 aromatic heterocycles. The molecule has 2 rings (SSSR count). The molecule has 0 saturated carbocycles. The third kappa shape index (κ3) is 2.36. The third-order valence-electron chi connectivity index (χ3n) is 3.40. The molecule has 1 aromatic rings. The summed E-state index contributed by atoms with van der Waals surface area (Å²) in [5.41, 5.74) is 2.05. The molecule has 2 unspecified atom stereocenters. The minimum Gasteiger partial charge on any atom is -0.392 e. The minimum absolute atomic E-state index is 0.0833. The topological polar surface area (TPSA) is 43.7 Å². The van der Waals surface area contributed by atoms with Crippen molar-refractivity contribution in [1.82, 2.24) is 0 Å². The minimum atomic E-state index is -0.230. The van der Waals surface area contributed by atoms with Crippen LogP contribution in [0.15, 0.2) is 24.3 Å². The van der Waals surface area contributed by atoms with Crippen molar-refractivity contribution in [2.75, 3.05) is 18.0 Å². The fourth-order valence-corrected chi connectivity index (χ4v) is 2.10. The normalized spacial score (nSPS) is 25.8. The van der Waals surface area contributed by atoms with Gasteiger partial charge in [0.2, 0.25) is 0 Å². The van der Waals surface area contributed by atoms with E-state index in [1.165, 1.54) is 0 Å². The van der Waals surface area contributed by atoms with Gasteiger partial charge in [0.05, 0.1) is 12.7 Å². The van der Waals surface area contributed by atoms with Crippen LogP contribution in [0.1, 0.15) is 18.9 Å². The third-order valence-corrected chi connectivity index (χ3v) is 3.40. The maximum atomic E-state index is 9.83. The van der Waals surface area contributed by atoms with Crippen molar-refractivity contribution in [1.29, 1.82) is 0 Å². The van der Waals surface area contributed by atoms with Crippen molar-refractivity contribution in [3.63, 3.8) is 0 Å². The Morgan fingerprint density at radius 2 is 2.00 bits per heavy atom. The Kier molecular flexibility index (Phi) is 3.46. The summed E-state index contributed by atoms with van der Waals surface area (Å²) in [5.74, 6) is 0.396. The molecule has 1 aliphatic heterocycles. The molecule has 2 N–H and O–H groups in total. The molecule has 0 radical (unpaired) electrons. The summed E-state index contributed by atoms with van der Waals surface area (Å²) in [5, 5.41) is 18.8. The SMILES string of the molecule is CC1CCN(c2ccc(CO)cc2)CC1O. The van der Waals surface area contributed by atoms with Gasteiger partial charge in [-0.3, -0.25) is 0 Å². The predicted octanol–water partition coefficient (Wildman–Crippen LogP) is 1.39. The van der Waals surface area contributed by atoms with Gasteiger partial charge in [-0.25, -0.2) is 0 Å². The lowest BCUT2D eigenvalue weighted by Gasteiger charge is -2.35. The van der Waals surface area contributed by atoms with Crippen LogP contribution in [0.5, 0.6) is 0 Å². The van der Waals surface area contributed by atoms with Crippen LogP contribution in [0.2, 0.25) is 0 Å².